The van der Waals surface area contributed by atoms with E-state index < -0.39 is 6.43 Å². The number of alkyl halides is 2. The Morgan fingerprint density at radius 2 is 1.71 bits per heavy atom. The van der Waals surface area contributed by atoms with Crippen LogP contribution < -0.4 is 10.6 Å². The predicted molar refractivity (Wildman–Crippen MR) is 78.0 cm³/mol. The first-order valence-electron chi connectivity index (χ1n) is 6.60. The van der Waals surface area contributed by atoms with Gasteiger partial charge in [-0.2, -0.15) is 0 Å². The Morgan fingerprint density at radius 1 is 1.05 bits per heavy atom. The summed E-state index contributed by atoms with van der Waals surface area (Å²) >= 11 is 0. The van der Waals surface area contributed by atoms with Crippen molar-refractivity contribution in [2.45, 2.75) is 12.5 Å². The maximum Gasteiger partial charge on any atom is 0.263 e. The van der Waals surface area contributed by atoms with Gasteiger partial charge >= 0.3 is 0 Å². The van der Waals surface area contributed by atoms with Crippen LogP contribution in [0.2, 0.25) is 0 Å². The lowest BCUT2D eigenvalue weighted by molar-refractivity contribution is 0.151. The molecular weight excluding hydrogens is 277 g/mol. The van der Waals surface area contributed by atoms with Crippen LogP contribution in [0.25, 0.3) is 0 Å². The maximum absolute atomic E-state index is 13.9. The fourth-order valence-corrected chi connectivity index (χ4v) is 2.33. The van der Waals surface area contributed by atoms with E-state index in [1.165, 1.54) is 18.2 Å². The summed E-state index contributed by atoms with van der Waals surface area (Å²) in [5, 5.41) is 0. The van der Waals surface area contributed by atoms with Gasteiger partial charge in [-0.15, -0.1) is 0 Å². The molecule has 2 aromatic carbocycles. The molecule has 2 rings (SSSR count). The van der Waals surface area contributed by atoms with E-state index in [2.05, 4.69) is 0 Å². The first-order chi connectivity index (χ1) is 10.0. The zero-order valence-electron chi connectivity index (χ0n) is 11.6. The van der Waals surface area contributed by atoms with Crippen LogP contribution in [-0.4, -0.2) is 13.6 Å². The monoisotopic (exact) mass is 294 g/mol. The molecule has 2 aromatic rings. The highest BCUT2D eigenvalue weighted by atomic mass is 19.3. The van der Waals surface area contributed by atoms with Gasteiger partial charge in [0.15, 0.2) is 0 Å². The molecule has 0 radical (unpaired) electrons. The lowest BCUT2D eigenvalue weighted by Gasteiger charge is -2.30. The number of hydrogen-bond acceptors (Lipinski definition) is 2. The zero-order valence-corrected chi connectivity index (χ0v) is 11.6. The maximum atomic E-state index is 13.9. The lowest BCUT2D eigenvalue weighted by Crippen LogP contribution is -2.31. The molecule has 0 amide bonds. The Hall–Kier alpha value is -2.01. The Balaban J connectivity index is 2.35. The van der Waals surface area contributed by atoms with Crippen LogP contribution in [0.4, 0.5) is 18.9 Å². The van der Waals surface area contributed by atoms with Crippen LogP contribution in [-0.2, 0) is 0 Å². The Kier molecular flexibility index (Phi) is 4.85. The van der Waals surface area contributed by atoms with Gasteiger partial charge in [0, 0.05) is 19.2 Å². The second kappa shape index (κ2) is 6.63. The lowest BCUT2D eigenvalue weighted by atomic mass is 10.0. The first-order valence-corrected chi connectivity index (χ1v) is 6.60. The Morgan fingerprint density at radius 3 is 2.33 bits per heavy atom. The highest BCUT2D eigenvalue weighted by molar-refractivity contribution is 5.49. The summed E-state index contributed by atoms with van der Waals surface area (Å²) in [6, 6.07) is 12.0. The number of para-hydroxylation sites is 1. The molecule has 1 unspecified atom stereocenters. The van der Waals surface area contributed by atoms with Gasteiger partial charge in [0.25, 0.3) is 6.43 Å². The molecule has 0 aliphatic rings. The molecule has 2 nitrogen and oxygen atoms in total. The van der Waals surface area contributed by atoms with E-state index in [9.17, 15) is 13.2 Å². The summed E-state index contributed by atoms with van der Waals surface area (Å²) in [6.07, 6.45) is -2.54. The summed E-state index contributed by atoms with van der Waals surface area (Å²) in [5.41, 5.74) is 6.73. The fourth-order valence-electron chi connectivity index (χ4n) is 2.33. The van der Waals surface area contributed by atoms with Crippen molar-refractivity contribution in [2.75, 3.05) is 18.5 Å². The van der Waals surface area contributed by atoms with Gasteiger partial charge in [0.2, 0.25) is 0 Å². The van der Waals surface area contributed by atoms with Crippen LogP contribution >= 0.6 is 0 Å². The molecule has 112 valence electrons. The molecular formula is C16H17F3N2. The second-order valence-corrected chi connectivity index (χ2v) is 4.78. The average molecular weight is 294 g/mol. The molecule has 0 heterocycles. The Labute approximate surface area is 122 Å². The van der Waals surface area contributed by atoms with Crippen LogP contribution in [0.15, 0.2) is 48.5 Å². The minimum Gasteiger partial charge on any atom is -0.364 e. The van der Waals surface area contributed by atoms with E-state index in [0.717, 1.165) is 0 Å². The van der Waals surface area contributed by atoms with Gasteiger partial charge in [-0.25, -0.2) is 13.2 Å². The molecule has 1 atom stereocenters. The number of anilines is 1. The molecule has 0 fully saturated rings. The van der Waals surface area contributed by atoms with Crippen molar-refractivity contribution in [1.29, 1.82) is 0 Å². The highest BCUT2D eigenvalue weighted by Crippen LogP contribution is 2.29. The van der Waals surface area contributed by atoms with E-state index in [-0.39, 0.29) is 24.0 Å². The number of nitrogens with zero attached hydrogens (tertiary/aromatic N) is 1. The van der Waals surface area contributed by atoms with Crippen LogP contribution in [0.1, 0.15) is 23.6 Å². The van der Waals surface area contributed by atoms with Crippen LogP contribution in [0.5, 0.6) is 0 Å². The molecule has 2 N–H and O–H groups in total. The second-order valence-electron chi connectivity index (χ2n) is 4.78. The molecule has 0 aromatic heterocycles. The van der Waals surface area contributed by atoms with Crippen molar-refractivity contribution < 1.29 is 13.2 Å². The number of hydrogen-bond donors (Lipinski definition) is 1. The fraction of sp³-hybridized carbons (Fsp3) is 0.250. The van der Waals surface area contributed by atoms with Gasteiger partial charge in [0.05, 0.1) is 11.7 Å². The number of halogens is 3. The largest absolute Gasteiger partial charge is 0.364 e. The van der Waals surface area contributed by atoms with Crippen molar-refractivity contribution in [3.8, 4) is 0 Å². The molecule has 0 aliphatic carbocycles. The molecule has 0 spiro atoms. The van der Waals surface area contributed by atoms with E-state index in [4.69, 9.17) is 5.73 Å². The smallest absolute Gasteiger partial charge is 0.263 e. The zero-order chi connectivity index (χ0) is 15.4. The first kappa shape index (κ1) is 15.4. The average Bonchev–Trinajstić information content (AvgIpc) is 2.48. The van der Waals surface area contributed by atoms with Crippen molar-refractivity contribution in [1.82, 2.24) is 0 Å². The molecule has 0 bridgehead atoms. The third-order valence-corrected chi connectivity index (χ3v) is 3.47. The minimum atomic E-state index is -2.54. The highest BCUT2D eigenvalue weighted by Gasteiger charge is 2.19. The summed E-state index contributed by atoms with van der Waals surface area (Å²) in [6.45, 7) is 0.192. The summed E-state index contributed by atoms with van der Waals surface area (Å²) in [5.74, 6) is -0.372. The topological polar surface area (TPSA) is 29.3 Å². The van der Waals surface area contributed by atoms with Gasteiger partial charge in [0.1, 0.15) is 5.82 Å². The third kappa shape index (κ3) is 3.36. The van der Waals surface area contributed by atoms with Crippen molar-refractivity contribution in [3.05, 3.63) is 65.5 Å². The molecule has 21 heavy (non-hydrogen) atoms. The molecule has 5 heteroatoms. The van der Waals surface area contributed by atoms with E-state index in [1.54, 1.807) is 42.3 Å². The quantitative estimate of drug-likeness (QED) is 0.906. The summed E-state index contributed by atoms with van der Waals surface area (Å²) < 4.78 is 39.5. The van der Waals surface area contributed by atoms with E-state index in [0.29, 0.717) is 11.3 Å². The van der Waals surface area contributed by atoms with Gasteiger partial charge < -0.3 is 10.6 Å². The molecule has 0 saturated heterocycles. The van der Waals surface area contributed by atoms with Gasteiger partial charge in [-0.05, 0) is 23.8 Å². The van der Waals surface area contributed by atoms with Crippen molar-refractivity contribution in [3.63, 3.8) is 0 Å². The van der Waals surface area contributed by atoms with E-state index in [1.807, 2.05) is 0 Å². The molecule has 0 saturated carbocycles. The number of likely N-dealkylation sites (N-methyl/N-ethyl adjacent to an activating group) is 1. The predicted octanol–water partition coefficient (Wildman–Crippen LogP) is 3.90. The standard InChI is InChI=1S/C16H17F3N2/c1-21(14-8-3-2-7-13(14)17)15(10-20)11-5-4-6-12(9-11)16(18)19/h2-9,15-16H,10,20H2,1H3. The van der Waals surface area contributed by atoms with Crippen molar-refractivity contribution in [2.24, 2.45) is 5.73 Å². The Bertz CT molecular complexity index is 602. The number of nitrogens with two attached hydrogens (primary N) is 1. The van der Waals surface area contributed by atoms with Crippen LogP contribution in [0.3, 0.4) is 0 Å². The molecule has 0 aliphatic heterocycles. The number of benzene rings is 2. The SMILES string of the molecule is CN(c1ccccc1F)C(CN)c1cccc(C(F)F)c1. The van der Waals surface area contributed by atoms with E-state index >= 15 is 0 Å². The summed E-state index contributed by atoms with van der Waals surface area (Å²) in [4.78, 5) is 1.67. The number of rotatable bonds is 5. The van der Waals surface area contributed by atoms with Crippen LogP contribution in [0, 0.1) is 5.82 Å². The minimum absolute atomic E-state index is 0.0621. The van der Waals surface area contributed by atoms with Crippen molar-refractivity contribution >= 4 is 5.69 Å². The van der Waals surface area contributed by atoms with Gasteiger partial charge in [-0.3, -0.25) is 0 Å². The normalized spacial score (nSPS) is 12.5. The summed E-state index contributed by atoms with van der Waals surface area (Å²) in [7, 11) is 1.70. The third-order valence-electron chi connectivity index (χ3n) is 3.47. The van der Waals surface area contributed by atoms with Gasteiger partial charge in [-0.1, -0.05) is 30.3 Å².